The largest absolute Gasteiger partial charge is 0.519 e. The molecule has 0 radical (unpaired) electrons. The maximum atomic E-state index is 15.2. The molecule has 0 N–H and O–H groups in total. The number of rotatable bonds is 12. The summed E-state index contributed by atoms with van der Waals surface area (Å²) in [5, 5.41) is 0. The second-order valence-corrected chi connectivity index (χ2v) is 13.9. The van der Waals surface area contributed by atoms with Crippen molar-refractivity contribution in [1.29, 1.82) is 0 Å². The van der Waals surface area contributed by atoms with Gasteiger partial charge >= 0.3 is 12.1 Å². The first kappa shape index (κ1) is 39.8. The van der Waals surface area contributed by atoms with E-state index in [4.69, 9.17) is 28.4 Å². The average Bonchev–Trinajstić information content (AvgIpc) is 3.22. The van der Waals surface area contributed by atoms with E-state index in [9.17, 15) is 14.0 Å². The van der Waals surface area contributed by atoms with Gasteiger partial charge in [-0.25, -0.2) is 13.6 Å². The summed E-state index contributed by atoms with van der Waals surface area (Å²) < 4.78 is 62.1. The first-order valence-corrected chi connectivity index (χ1v) is 18.5. The van der Waals surface area contributed by atoms with Crippen molar-refractivity contribution in [2.24, 2.45) is 0 Å². The van der Waals surface area contributed by atoms with Crippen LogP contribution in [0.2, 0.25) is 0 Å². The fraction of sp³-hybridized carbons (Fsp3) is 0.102. The number of esters is 1. The molecule has 59 heavy (non-hydrogen) atoms. The molecule has 296 valence electrons. The van der Waals surface area contributed by atoms with Crippen LogP contribution < -0.4 is 28.4 Å². The molecule has 0 aliphatic rings. The van der Waals surface area contributed by atoms with Crippen molar-refractivity contribution in [3.63, 3.8) is 0 Å². The van der Waals surface area contributed by atoms with Gasteiger partial charge in [0, 0.05) is 18.4 Å². The van der Waals surface area contributed by atoms with E-state index in [1.807, 2.05) is 62.4 Å². The molecule has 0 atom stereocenters. The lowest BCUT2D eigenvalue weighted by Gasteiger charge is -2.26. The molecule has 7 aromatic carbocycles. The minimum atomic E-state index is -1.08. The Morgan fingerprint density at radius 1 is 0.458 bits per heavy atom. The van der Waals surface area contributed by atoms with E-state index in [0.717, 1.165) is 16.7 Å². The van der Waals surface area contributed by atoms with E-state index in [-0.39, 0.29) is 23.2 Å². The molecule has 0 heterocycles. The Hall–Kier alpha value is -7.46. The van der Waals surface area contributed by atoms with E-state index in [1.54, 1.807) is 91.0 Å². The fourth-order valence-electron chi connectivity index (χ4n) is 6.33. The van der Waals surface area contributed by atoms with Gasteiger partial charge in [-0.1, -0.05) is 80.6 Å². The highest BCUT2D eigenvalue weighted by Gasteiger charge is 2.24. The fourth-order valence-corrected chi connectivity index (χ4v) is 6.33. The standard InChI is InChI=1S/C49H38F2O8/c1-31(52)55-38-22-14-36(15-23-38)49(2,3)37-16-24-41(25-17-37)58-48(53)59-47-27-13-35(29-45(47)51)33-10-20-40(21-11-33)57-43-7-5-6-42(30-43)56-39-18-8-32(9-19-39)34-12-26-46(54-4)44(50)28-34/h5-30H,1-4H3. The lowest BCUT2D eigenvalue weighted by Crippen LogP contribution is -2.19. The maximum Gasteiger partial charge on any atom is 0.519 e. The van der Waals surface area contributed by atoms with E-state index in [1.165, 1.54) is 32.2 Å². The first-order valence-electron chi connectivity index (χ1n) is 18.5. The number of methoxy groups -OCH3 is 1. The first-order chi connectivity index (χ1) is 28.4. The van der Waals surface area contributed by atoms with Crippen LogP contribution in [0.3, 0.4) is 0 Å². The minimum absolute atomic E-state index is 0.186. The molecule has 10 heteroatoms. The van der Waals surface area contributed by atoms with Crippen molar-refractivity contribution < 1.29 is 46.8 Å². The van der Waals surface area contributed by atoms with E-state index < -0.39 is 23.2 Å². The zero-order chi connectivity index (χ0) is 41.5. The van der Waals surface area contributed by atoms with Gasteiger partial charge < -0.3 is 28.4 Å². The monoisotopic (exact) mass is 792 g/mol. The van der Waals surface area contributed by atoms with Crippen LogP contribution in [0.15, 0.2) is 158 Å². The topological polar surface area (TPSA) is 89.5 Å². The average molecular weight is 793 g/mol. The van der Waals surface area contributed by atoms with Crippen molar-refractivity contribution in [2.45, 2.75) is 26.2 Å². The molecule has 0 bridgehead atoms. The minimum Gasteiger partial charge on any atom is -0.494 e. The normalized spacial score (nSPS) is 11.0. The lowest BCUT2D eigenvalue weighted by atomic mass is 9.78. The highest BCUT2D eigenvalue weighted by Crippen LogP contribution is 2.35. The van der Waals surface area contributed by atoms with Crippen LogP contribution in [0.4, 0.5) is 13.6 Å². The molecular formula is C49H38F2O8. The van der Waals surface area contributed by atoms with E-state index in [0.29, 0.717) is 45.4 Å². The van der Waals surface area contributed by atoms with Crippen LogP contribution in [-0.4, -0.2) is 19.2 Å². The second kappa shape index (κ2) is 17.4. The zero-order valence-corrected chi connectivity index (χ0v) is 32.5. The van der Waals surface area contributed by atoms with Crippen molar-refractivity contribution in [2.75, 3.05) is 7.11 Å². The Bertz CT molecular complexity index is 2590. The smallest absolute Gasteiger partial charge is 0.494 e. The highest BCUT2D eigenvalue weighted by atomic mass is 19.1. The molecule has 0 amide bonds. The molecule has 0 aromatic heterocycles. The third-order valence-corrected chi connectivity index (χ3v) is 9.54. The molecule has 0 saturated heterocycles. The number of hydrogen-bond acceptors (Lipinski definition) is 8. The SMILES string of the molecule is COc1ccc(-c2ccc(Oc3cccc(Oc4ccc(-c5ccc(OC(=O)Oc6ccc(C(C)(C)c7ccc(OC(C)=O)cc7)cc6)c(F)c5)cc4)c3)cc2)cc1F. The van der Waals surface area contributed by atoms with Crippen LogP contribution in [0.25, 0.3) is 22.3 Å². The molecule has 0 spiro atoms. The Morgan fingerprint density at radius 2 is 0.881 bits per heavy atom. The van der Waals surface area contributed by atoms with Gasteiger partial charge in [0.05, 0.1) is 7.11 Å². The third kappa shape index (κ3) is 9.75. The van der Waals surface area contributed by atoms with Crippen molar-refractivity contribution in [1.82, 2.24) is 0 Å². The number of halogens is 2. The molecule has 0 aliphatic heterocycles. The van der Waals surface area contributed by atoms with Crippen molar-refractivity contribution >= 4 is 12.1 Å². The lowest BCUT2D eigenvalue weighted by molar-refractivity contribution is -0.131. The summed E-state index contributed by atoms with van der Waals surface area (Å²) >= 11 is 0. The number of carbonyl (C=O) groups is 2. The maximum absolute atomic E-state index is 15.2. The molecule has 0 saturated carbocycles. The Kier molecular flexibility index (Phi) is 11.7. The van der Waals surface area contributed by atoms with Gasteiger partial charge in [-0.3, -0.25) is 4.79 Å². The van der Waals surface area contributed by atoms with Gasteiger partial charge in [0.15, 0.2) is 23.1 Å². The van der Waals surface area contributed by atoms with Crippen LogP contribution in [0.1, 0.15) is 31.9 Å². The molecule has 7 aromatic rings. The molecule has 7 rings (SSSR count). The number of ether oxygens (including phenoxy) is 6. The van der Waals surface area contributed by atoms with E-state index >= 15 is 4.39 Å². The predicted octanol–water partition coefficient (Wildman–Crippen LogP) is 12.7. The number of carbonyl (C=O) groups excluding carboxylic acids is 2. The molecule has 8 nitrogen and oxygen atoms in total. The third-order valence-electron chi connectivity index (χ3n) is 9.54. The van der Waals surface area contributed by atoms with Gasteiger partial charge in [-0.05, 0) is 118 Å². The summed E-state index contributed by atoms with van der Waals surface area (Å²) in [4.78, 5) is 23.9. The summed E-state index contributed by atoms with van der Waals surface area (Å²) in [6.45, 7) is 5.44. The van der Waals surface area contributed by atoms with Crippen molar-refractivity contribution in [3.8, 4) is 68.2 Å². The Labute approximate surface area is 340 Å². The van der Waals surface area contributed by atoms with E-state index in [2.05, 4.69) is 0 Å². The van der Waals surface area contributed by atoms with Gasteiger partial charge in [0.2, 0.25) is 0 Å². The Balaban J connectivity index is 0.922. The molecule has 0 unspecified atom stereocenters. The van der Waals surface area contributed by atoms with Gasteiger partial charge in [-0.15, -0.1) is 0 Å². The number of hydrogen-bond donors (Lipinski definition) is 0. The highest BCUT2D eigenvalue weighted by molar-refractivity contribution is 5.70. The summed E-state index contributed by atoms with van der Waals surface area (Å²) in [5.41, 5.74) is 4.35. The summed E-state index contributed by atoms with van der Waals surface area (Å²) in [6.07, 6.45) is -1.08. The number of benzene rings is 7. The summed E-state index contributed by atoms with van der Waals surface area (Å²) in [6, 6.07) is 44.9. The summed E-state index contributed by atoms with van der Waals surface area (Å²) in [7, 11) is 1.43. The summed E-state index contributed by atoms with van der Waals surface area (Å²) in [5.74, 6) is 1.29. The van der Waals surface area contributed by atoms with Crippen LogP contribution in [0.5, 0.6) is 46.0 Å². The molecule has 0 fully saturated rings. The quantitative estimate of drug-likeness (QED) is 0.0686. The van der Waals surface area contributed by atoms with Gasteiger partial charge in [0.25, 0.3) is 0 Å². The van der Waals surface area contributed by atoms with Gasteiger partial charge in [0.1, 0.15) is 34.5 Å². The van der Waals surface area contributed by atoms with Gasteiger partial charge in [-0.2, -0.15) is 0 Å². The van der Waals surface area contributed by atoms with Crippen LogP contribution in [0, 0.1) is 11.6 Å². The molecule has 0 aliphatic carbocycles. The van der Waals surface area contributed by atoms with Crippen molar-refractivity contribution in [3.05, 3.63) is 180 Å². The Morgan fingerprint density at radius 3 is 1.32 bits per heavy atom. The second-order valence-electron chi connectivity index (χ2n) is 13.9. The predicted molar refractivity (Wildman–Crippen MR) is 220 cm³/mol. The molecular weight excluding hydrogens is 755 g/mol. The van der Waals surface area contributed by atoms with Crippen LogP contribution in [-0.2, 0) is 10.2 Å². The zero-order valence-electron chi connectivity index (χ0n) is 32.5. The van der Waals surface area contributed by atoms with Crippen LogP contribution >= 0.6 is 0 Å².